The molecule has 0 aliphatic heterocycles. The van der Waals surface area contributed by atoms with Crippen molar-refractivity contribution < 1.29 is 23.4 Å². The fourth-order valence-electron chi connectivity index (χ4n) is 2.42. The number of aromatic hydroxyl groups is 1. The Morgan fingerprint density at radius 2 is 1.96 bits per heavy atom. The maximum atomic E-state index is 12.9. The van der Waals surface area contributed by atoms with Crippen LogP contribution in [-0.2, 0) is 17.1 Å². The summed E-state index contributed by atoms with van der Waals surface area (Å²) in [4.78, 5) is 11.3. The minimum absolute atomic E-state index is 0.258. The van der Waals surface area contributed by atoms with Gasteiger partial charge < -0.3 is 14.8 Å². The summed E-state index contributed by atoms with van der Waals surface area (Å²) >= 11 is 1.20. The summed E-state index contributed by atoms with van der Waals surface area (Å²) in [5.74, 6) is -2.24. The lowest BCUT2D eigenvalue weighted by atomic mass is 10.1. The molecule has 2 aromatic carbocycles. The molecule has 0 saturated heterocycles. The predicted octanol–water partition coefficient (Wildman–Crippen LogP) is 2.48. The van der Waals surface area contributed by atoms with Crippen LogP contribution in [0.2, 0.25) is 0 Å². The summed E-state index contributed by atoms with van der Waals surface area (Å²) in [6.07, 6.45) is 1.52. The van der Waals surface area contributed by atoms with Crippen molar-refractivity contribution in [1.82, 2.24) is 14.8 Å². The normalized spacial score (nSPS) is 11.4. The second-order valence-electron chi connectivity index (χ2n) is 5.89. The van der Waals surface area contributed by atoms with Gasteiger partial charge in [0.2, 0.25) is 0 Å². The summed E-state index contributed by atoms with van der Waals surface area (Å²) in [5.41, 5.74) is 0.160. The van der Waals surface area contributed by atoms with Crippen LogP contribution in [0.3, 0.4) is 0 Å². The summed E-state index contributed by atoms with van der Waals surface area (Å²) < 4.78 is 29.8. The average molecular weight is 420 g/mol. The molecule has 3 rings (SSSR count). The van der Waals surface area contributed by atoms with Gasteiger partial charge in [-0.3, -0.25) is 4.72 Å². The number of nitrogens with one attached hydrogen (secondary N) is 1. The van der Waals surface area contributed by atoms with Crippen LogP contribution in [0.25, 0.3) is 0 Å². The van der Waals surface area contributed by atoms with Gasteiger partial charge in [-0.15, -0.1) is 10.2 Å². The Hall–Kier alpha value is -3.05. The molecular formula is C17H16N4O5S2. The largest absolute Gasteiger partial charge is 0.506 e. The summed E-state index contributed by atoms with van der Waals surface area (Å²) in [6.45, 7) is 1.54. The molecule has 1 aromatic heterocycles. The highest BCUT2D eigenvalue weighted by molar-refractivity contribution is 7.99. The second kappa shape index (κ2) is 7.52. The van der Waals surface area contributed by atoms with Crippen LogP contribution in [0.4, 0.5) is 5.69 Å². The molecule has 3 N–H and O–H groups in total. The van der Waals surface area contributed by atoms with Crippen LogP contribution in [0, 0.1) is 6.92 Å². The molecule has 0 unspecified atom stereocenters. The van der Waals surface area contributed by atoms with E-state index >= 15 is 0 Å². The van der Waals surface area contributed by atoms with Crippen LogP contribution in [0.15, 0.2) is 57.7 Å². The quantitative estimate of drug-likeness (QED) is 0.554. The standard InChI is InChI=1S/C17H16N4O5S2/c1-10-7-11(16(23)24)15(22)14(8-10)28(25,26)20-12-5-3-4-6-13(12)27-17-19-18-9-21(17)2/h3-9,20,22H,1-2H3,(H,23,24). The summed E-state index contributed by atoms with van der Waals surface area (Å²) in [5, 5.41) is 27.7. The number of aryl methyl sites for hydroxylation is 2. The maximum Gasteiger partial charge on any atom is 0.339 e. The zero-order chi connectivity index (χ0) is 20.5. The maximum absolute atomic E-state index is 12.9. The minimum Gasteiger partial charge on any atom is -0.506 e. The van der Waals surface area contributed by atoms with Crippen molar-refractivity contribution in [2.45, 2.75) is 21.9 Å². The number of carboxylic acids is 1. The van der Waals surface area contributed by atoms with Gasteiger partial charge in [-0.25, -0.2) is 13.2 Å². The van der Waals surface area contributed by atoms with Gasteiger partial charge in [-0.05, 0) is 48.5 Å². The molecule has 0 spiro atoms. The topological polar surface area (TPSA) is 134 Å². The van der Waals surface area contributed by atoms with E-state index in [4.69, 9.17) is 0 Å². The number of benzene rings is 2. The third kappa shape index (κ3) is 3.94. The Labute approximate surface area is 165 Å². The number of anilines is 1. The lowest BCUT2D eigenvalue weighted by molar-refractivity contribution is 0.0693. The van der Waals surface area contributed by atoms with Gasteiger partial charge >= 0.3 is 5.97 Å². The number of sulfonamides is 1. The number of hydrogen-bond acceptors (Lipinski definition) is 7. The monoisotopic (exact) mass is 420 g/mol. The predicted molar refractivity (Wildman–Crippen MR) is 102 cm³/mol. The van der Waals surface area contributed by atoms with Crippen LogP contribution < -0.4 is 4.72 Å². The van der Waals surface area contributed by atoms with Gasteiger partial charge in [0.15, 0.2) is 10.9 Å². The van der Waals surface area contributed by atoms with Crippen molar-refractivity contribution in [3.8, 4) is 5.75 Å². The number of phenols is 1. The lowest BCUT2D eigenvalue weighted by Gasteiger charge is -2.14. The highest BCUT2D eigenvalue weighted by Gasteiger charge is 2.25. The molecule has 0 aliphatic rings. The molecular weight excluding hydrogens is 404 g/mol. The van der Waals surface area contributed by atoms with E-state index in [-0.39, 0.29) is 5.69 Å². The molecule has 0 saturated carbocycles. The molecule has 11 heteroatoms. The first-order chi connectivity index (χ1) is 13.2. The molecule has 0 aliphatic carbocycles. The third-order valence-electron chi connectivity index (χ3n) is 3.74. The number of hydrogen-bond donors (Lipinski definition) is 3. The van der Waals surface area contributed by atoms with Gasteiger partial charge in [0, 0.05) is 11.9 Å². The molecule has 0 fully saturated rings. The van der Waals surface area contributed by atoms with Crippen molar-refractivity contribution in [3.05, 3.63) is 53.9 Å². The highest BCUT2D eigenvalue weighted by Crippen LogP contribution is 2.35. The Kier molecular flexibility index (Phi) is 5.29. The third-order valence-corrected chi connectivity index (χ3v) is 6.25. The van der Waals surface area contributed by atoms with E-state index in [0.717, 1.165) is 0 Å². The molecule has 0 atom stereocenters. The van der Waals surface area contributed by atoms with Crippen molar-refractivity contribution in [2.24, 2.45) is 7.05 Å². The summed E-state index contributed by atoms with van der Waals surface area (Å²) in [7, 11) is -2.50. The molecule has 0 amide bonds. The van der Waals surface area contributed by atoms with Crippen molar-refractivity contribution in [1.29, 1.82) is 0 Å². The molecule has 28 heavy (non-hydrogen) atoms. The number of rotatable bonds is 6. The Morgan fingerprint density at radius 1 is 1.25 bits per heavy atom. The zero-order valence-electron chi connectivity index (χ0n) is 14.8. The molecule has 9 nitrogen and oxygen atoms in total. The smallest absolute Gasteiger partial charge is 0.339 e. The van der Waals surface area contributed by atoms with E-state index in [1.807, 2.05) is 0 Å². The molecule has 0 bridgehead atoms. The first-order valence-corrected chi connectivity index (χ1v) is 10.2. The first-order valence-electron chi connectivity index (χ1n) is 7.89. The van der Waals surface area contributed by atoms with Gasteiger partial charge in [-0.2, -0.15) is 0 Å². The first kappa shape index (κ1) is 19.7. The highest BCUT2D eigenvalue weighted by atomic mass is 32.2. The molecule has 3 aromatic rings. The number of aromatic nitrogens is 3. The number of carbonyl (C=O) groups is 1. The van der Waals surface area contributed by atoms with E-state index in [0.29, 0.717) is 15.6 Å². The summed E-state index contributed by atoms with van der Waals surface area (Å²) in [6, 6.07) is 9.06. The second-order valence-corrected chi connectivity index (χ2v) is 8.55. The van der Waals surface area contributed by atoms with Crippen LogP contribution in [-0.4, -0.2) is 39.4 Å². The van der Waals surface area contributed by atoms with E-state index in [2.05, 4.69) is 14.9 Å². The van der Waals surface area contributed by atoms with Crippen LogP contribution in [0.1, 0.15) is 15.9 Å². The molecule has 1 heterocycles. The lowest BCUT2D eigenvalue weighted by Crippen LogP contribution is -2.15. The van der Waals surface area contributed by atoms with Crippen molar-refractivity contribution in [2.75, 3.05) is 4.72 Å². The van der Waals surface area contributed by atoms with Gasteiger partial charge in [0.25, 0.3) is 10.0 Å². The molecule has 146 valence electrons. The molecule has 0 radical (unpaired) electrons. The fraction of sp³-hybridized carbons (Fsp3) is 0.118. The Morgan fingerprint density at radius 3 is 2.61 bits per heavy atom. The SMILES string of the molecule is Cc1cc(C(=O)O)c(O)c(S(=O)(=O)Nc2ccccc2Sc2nncn2C)c1. The minimum atomic E-state index is -4.25. The van der Waals surface area contributed by atoms with Crippen molar-refractivity contribution in [3.63, 3.8) is 0 Å². The van der Waals surface area contributed by atoms with Gasteiger partial charge in [0.05, 0.1) is 5.69 Å². The Bertz CT molecular complexity index is 1160. The van der Waals surface area contributed by atoms with E-state index < -0.39 is 32.2 Å². The van der Waals surface area contributed by atoms with Gasteiger partial charge in [0.1, 0.15) is 16.8 Å². The van der Waals surface area contributed by atoms with Gasteiger partial charge in [-0.1, -0.05) is 12.1 Å². The van der Waals surface area contributed by atoms with Crippen molar-refractivity contribution >= 4 is 33.4 Å². The van der Waals surface area contributed by atoms with E-state index in [9.17, 15) is 23.4 Å². The number of nitrogens with zero attached hydrogens (tertiary/aromatic N) is 3. The number of carboxylic acid groups (broad SMARTS) is 1. The zero-order valence-corrected chi connectivity index (χ0v) is 16.5. The van der Waals surface area contributed by atoms with Crippen LogP contribution in [0.5, 0.6) is 5.75 Å². The van der Waals surface area contributed by atoms with Crippen LogP contribution >= 0.6 is 11.8 Å². The Balaban J connectivity index is 2.01. The average Bonchev–Trinajstić information content (AvgIpc) is 3.02. The fourth-order valence-corrected chi connectivity index (χ4v) is 4.62. The van der Waals surface area contributed by atoms with E-state index in [1.54, 1.807) is 42.8 Å². The number of aromatic carboxylic acids is 1. The van der Waals surface area contributed by atoms with E-state index in [1.165, 1.54) is 30.2 Å². The number of para-hydroxylation sites is 1.